The number of ether oxygens (including phenoxy) is 1. The molecular formula is C34H27FN6O. The van der Waals surface area contributed by atoms with Crippen molar-refractivity contribution in [1.29, 1.82) is 0 Å². The van der Waals surface area contributed by atoms with E-state index in [1.165, 1.54) is 24.8 Å². The predicted molar refractivity (Wildman–Crippen MR) is 163 cm³/mol. The van der Waals surface area contributed by atoms with E-state index in [0.29, 0.717) is 12.3 Å². The van der Waals surface area contributed by atoms with Crippen LogP contribution in [0.25, 0.3) is 55.6 Å². The number of benzene rings is 3. The van der Waals surface area contributed by atoms with Gasteiger partial charge < -0.3 is 15.0 Å². The molecule has 0 bridgehead atoms. The summed E-state index contributed by atoms with van der Waals surface area (Å²) in [6, 6.07) is 27.2. The molecule has 3 aromatic carbocycles. The summed E-state index contributed by atoms with van der Waals surface area (Å²) in [5, 5.41) is 13.1. The molecule has 0 atom stereocenters. The minimum absolute atomic E-state index is 0.346. The van der Waals surface area contributed by atoms with Gasteiger partial charge in [-0.15, -0.1) is 0 Å². The summed E-state index contributed by atoms with van der Waals surface area (Å²) in [6.07, 6.45) is 5.51. The highest BCUT2D eigenvalue weighted by Gasteiger charge is 2.16. The van der Waals surface area contributed by atoms with E-state index < -0.39 is 0 Å². The predicted octanol–water partition coefficient (Wildman–Crippen LogP) is 7.27. The van der Waals surface area contributed by atoms with Gasteiger partial charge in [0.1, 0.15) is 17.3 Å². The molecule has 0 aliphatic heterocycles. The van der Waals surface area contributed by atoms with E-state index in [-0.39, 0.29) is 5.82 Å². The van der Waals surface area contributed by atoms with Crippen LogP contribution in [0.4, 0.5) is 4.39 Å². The third-order valence-electron chi connectivity index (χ3n) is 7.38. The fourth-order valence-electron chi connectivity index (χ4n) is 5.32. The fourth-order valence-corrected chi connectivity index (χ4v) is 5.32. The maximum Gasteiger partial charge on any atom is 0.127 e. The van der Waals surface area contributed by atoms with Crippen molar-refractivity contribution in [2.24, 2.45) is 0 Å². The average molecular weight is 555 g/mol. The van der Waals surface area contributed by atoms with Crippen LogP contribution in [0.1, 0.15) is 11.1 Å². The van der Waals surface area contributed by atoms with Crippen molar-refractivity contribution in [2.75, 3.05) is 7.11 Å². The van der Waals surface area contributed by atoms with E-state index in [9.17, 15) is 4.39 Å². The summed E-state index contributed by atoms with van der Waals surface area (Å²) < 4.78 is 19.6. The lowest BCUT2D eigenvalue weighted by Gasteiger charge is -2.07. The number of aromatic amines is 2. The summed E-state index contributed by atoms with van der Waals surface area (Å²) in [4.78, 5) is 12.7. The van der Waals surface area contributed by atoms with Crippen LogP contribution in [0.15, 0.2) is 104 Å². The van der Waals surface area contributed by atoms with E-state index >= 15 is 0 Å². The van der Waals surface area contributed by atoms with Gasteiger partial charge in [-0.3, -0.25) is 15.1 Å². The number of nitrogens with one attached hydrogen (secondary N) is 3. The van der Waals surface area contributed by atoms with Crippen LogP contribution in [-0.4, -0.2) is 32.3 Å². The first-order chi connectivity index (χ1) is 20.6. The molecular weight excluding hydrogens is 527 g/mol. The summed E-state index contributed by atoms with van der Waals surface area (Å²) in [7, 11) is 1.54. The number of hydrogen-bond acceptors (Lipinski definition) is 5. The molecule has 0 saturated heterocycles. The van der Waals surface area contributed by atoms with E-state index in [4.69, 9.17) is 4.74 Å². The van der Waals surface area contributed by atoms with Crippen LogP contribution in [0, 0.1) is 5.82 Å². The molecule has 0 amide bonds. The van der Waals surface area contributed by atoms with Crippen LogP contribution < -0.4 is 10.1 Å². The average Bonchev–Trinajstić information content (AvgIpc) is 3.65. The van der Waals surface area contributed by atoms with Crippen LogP contribution in [-0.2, 0) is 13.1 Å². The second-order valence-electron chi connectivity index (χ2n) is 10.2. The van der Waals surface area contributed by atoms with Gasteiger partial charge in [-0.2, -0.15) is 5.10 Å². The topological polar surface area (TPSA) is 91.5 Å². The van der Waals surface area contributed by atoms with Gasteiger partial charge in [0.15, 0.2) is 0 Å². The number of fused-ring (bicyclic) bond motifs is 2. The Balaban J connectivity index is 1.21. The van der Waals surface area contributed by atoms with Crippen molar-refractivity contribution < 1.29 is 9.13 Å². The lowest BCUT2D eigenvalue weighted by atomic mass is 10.0. The second-order valence-corrected chi connectivity index (χ2v) is 10.2. The number of hydrogen-bond donors (Lipinski definition) is 3. The van der Waals surface area contributed by atoms with Gasteiger partial charge in [0, 0.05) is 53.4 Å². The molecule has 42 heavy (non-hydrogen) atoms. The Labute approximate surface area is 241 Å². The zero-order valence-corrected chi connectivity index (χ0v) is 22.9. The highest BCUT2D eigenvalue weighted by Crippen LogP contribution is 2.36. The minimum Gasteiger partial charge on any atom is -0.497 e. The minimum atomic E-state index is -0.346. The first-order valence-electron chi connectivity index (χ1n) is 13.6. The molecule has 7 nitrogen and oxygen atoms in total. The Bertz CT molecular complexity index is 2030. The Morgan fingerprint density at radius 2 is 1.67 bits per heavy atom. The zero-order valence-electron chi connectivity index (χ0n) is 22.9. The lowest BCUT2D eigenvalue weighted by molar-refractivity contribution is 0.411. The van der Waals surface area contributed by atoms with Crippen molar-refractivity contribution in [3.63, 3.8) is 0 Å². The molecule has 0 radical (unpaired) electrons. The van der Waals surface area contributed by atoms with Crippen molar-refractivity contribution in [2.45, 2.75) is 13.1 Å². The Kier molecular flexibility index (Phi) is 6.65. The van der Waals surface area contributed by atoms with Crippen LogP contribution in [0.2, 0.25) is 0 Å². The first kappa shape index (κ1) is 25.6. The molecule has 4 heterocycles. The van der Waals surface area contributed by atoms with Crippen LogP contribution in [0.3, 0.4) is 0 Å². The Morgan fingerprint density at radius 3 is 2.55 bits per heavy atom. The second kappa shape index (κ2) is 10.9. The number of nitrogens with zero attached hydrogens (tertiary/aromatic N) is 3. The lowest BCUT2D eigenvalue weighted by Crippen LogP contribution is -2.12. The molecule has 0 aliphatic carbocycles. The standard InChI is InChI=1S/C34H27FN6O/c1-42-26-12-23(11-25(35)13-26)27-8-5-9-30-28(27)14-32(39-30)34-29-15-31(38-20-33(29)40-41-34)24-10-22(18-37-19-24)17-36-16-21-6-3-2-4-7-21/h2-15,18-20,36,39H,16-17H2,1H3,(H,40,41). The van der Waals surface area contributed by atoms with Crippen LogP contribution >= 0.6 is 0 Å². The molecule has 7 aromatic rings. The largest absolute Gasteiger partial charge is 0.497 e. The SMILES string of the molecule is COc1cc(F)cc(-c2cccc3[nH]c(-c4n[nH]c5cnc(-c6cncc(CNCc7ccccc7)c6)cc45)cc23)c1. The molecule has 3 N–H and O–H groups in total. The number of H-pyrrole nitrogens is 2. The smallest absolute Gasteiger partial charge is 0.127 e. The Hall–Kier alpha value is -5.34. The fraction of sp³-hybridized carbons (Fsp3) is 0.0882. The van der Waals surface area contributed by atoms with E-state index in [0.717, 1.165) is 67.7 Å². The zero-order chi connectivity index (χ0) is 28.5. The monoisotopic (exact) mass is 554 g/mol. The molecule has 7 rings (SSSR count). The van der Waals surface area contributed by atoms with Gasteiger partial charge in [-0.25, -0.2) is 4.39 Å². The highest BCUT2D eigenvalue weighted by atomic mass is 19.1. The van der Waals surface area contributed by atoms with Gasteiger partial charge >= 0.3 is 0 Å². The maximum atomic E-state index is 14.3. The third-order valence-corrected chi connectivity index (χ3v) is 7.38. The molecule has 0 spiro atoms. The van der Waals surface area contributed by atoms with Gasteiger partial charge in [0.25, 0.3) is 0 Å². The van der Waals surface area contributed by atoms with E-state index in [1.54, 1.807) is 6.20 Å². The molecule has 0 unspecified atom stereocenters. The third kappa shape index (κ3) is 5.00. The molecule has 0 saturated carbocycles. The van der Waals surface area contributed by atoms with Gasteiger partial charge in [-0.1, -0.05) is 42.5 Å². The van der Waals surface area contributed by atoms with E-state index in [2.05, 4.69) is 54.7 Å². The summed E-state index contributed by atoms with van der Waals surface area (Å²) >= 11 is 0. The van der Waals surface area contributed by atoms with E-state index in [1.807, 2.05) is 60.9 Å². The summed E-state index contributed by atoms with van der Waals surface area (Å²) in [5.41, 5.74) is 9.09. The molecule has 8 heteroatoms. The molecule has 0 aliphatic rings. The number of rotatable bonds is 8. The van der Waals surface area contributed by atoms with Gasteiger partial charge in [0.2, 0.25) is 0 Å². The highest BCUT2D eigenvalue weighted by molar-refractivity contribution is 6.01. The number of halogens is 1. The van der Waals surface area contributed by atoms with Crippen molar-refractivity contribution in [3.8, 4) is 39.5 Å². The van der Waals surface area contributed by atoms with Crippen LogP contribution in [0.5, 0.6) is 5.75 Å². The molecule has 4 aromatic heterocycles. The maximum absolute atomic E-state index is 14.3. The van der Waals surface area contributed by atoms with Gasteiger partial charge in [0.05, 0.1) is 30.2 Å². The van der Waals surface area contributed by atoms with Gasteiger partial charge in [-0.05, 0) is 58.7 Å². The normalized spacial score (nSPS) is 11.4. The van der Waals surface area contributed by atoms with Crippen molar-refractivity contribution in [1.82, 2.24) is 30.5 Å². The quantitative estimate of drug-likeness (QED) is 0.184. The summed E-state index contributed by atoms with van der Waals surface area (Å²) in [5.74, 6) is 0.127. The summed E-state index contributed by atoms with van der Waals surface area (Å²) in [6.45, 7) is 1.48. The Morgan fingerprint density at radius 1 is 0.786 bits per heavy atom. The molecule has 0 fully saturated rings. The van der Waals surface area contributed by atoms with Crippen molar-refractivity contribution >= 4 is 21.8 Å². The van der Waals surface area contributed by atoms with Crippen molar-refractivity contribution in [3.05, 3.63) is 120 Å². The first-order valence-corrected chi connectivity index (χ1v) is 13.6. The molecule has 206 valence electrons. The number of pyridine rings is 2. The number of aromatic nitrogens is 5. The number of methoxy groups -OCH3 is 1.